The van der Waals surface area contributed by atoms with Gasteiger partial charge in [-0.15, -0.1) is 0 Å². The van der Waals surface area contributed by atoms with E-state index in [1.54, 1.807) is 16.9 Å². The van der Waals surface area contributed by atoms with Crippen LogP contribution in [0, 0.1) is 0 Å². The summed E-state index contributed by atoms with van der Waals surface area (Å²) in [6, 6.07) is 3.10. The molecule has 3 atom stereocenters. The average Bonchev–Trinajstić information content (AvgIpc) is 3.44. The van der Waals surface area contributed by atoms with Gasteiger partial charge >= 0.3 is 0 Å². The maximum atomic E-state index is 12.8. The Hall–Kier alpha value is -2.88. The van der Waals surface area contributed by atoms with Crippen LogP contribution in [0.5, 0.6) is 5.88 Å². The third kappa shape index (κ3) is 3.99. The summed E-state index contributed by atoms with van der Waals surface area (Å²) >= 11 is 0. The molecule has 2 fully saturated rings. The van der Waals surface area contributed by atoms with E-state index in [1.807, 2.05) is 0 Å². The summed E-state index contributed by atoms with van der Waals surface area (Å²) in [6.45, 7) is 2.64. The normalized spacial score (nSPS) is 25.3. The molecule has 2 aromatic rings. The standard InChI is InChI=1S/C22H30N6O4/c29-18-7-3-6-17(18)28-20(30)9-8-19(25-28)26-10-2-1-5-15(26)13-23-21(31)16-14-24-27-11-4-12-32-22(16)27/h8-9,14-15,17-18,29H,1-7,10-13H2,(H,23,31). The van der Waals surface area contributed by atoms with Gasteiger partial charge in [-0.25, -0.2) is 9.36 Å². The van der Waals surface area contributed by atoms with Gasteiger partial charge in [0, 0.05) is 38.2 Å². The van der Waals surface area contributed by atoms with Crippen LogP contribution in [0.25, 0.3) is 0 Å². The predicted molar refractivity (Wildman–Crippen MR) is 117 cm³/mol. The first-order valence-electron chi connectivity index (χ1n) is 11.6. The van der Waals surface area contributed by atoms with Crippen LogP contribution >= 0.6 is 0 Å². The number of anilines is 1. The Morgan fingerprint density at radius 1 is 1.16 bits per heavy atom. The van der Waals surface area contributed by atoms with Crippen LogP contribution in [0.3, 0.4) is 0 Å². The molecule has 3 aliphatic rings. The highest BCUT2D eigenvalue weighted by molar-refractivity contribution is 5.96. The molecule has 1 aliphatic carbocycles. The van der Waals surface area contributed by atoms with Gasteiger partial charge < -0.3 is 20.1 Å². The van der Waals surface area contributed by atoms with Crippen molar-refractivity contribution in [2.75, 3.05) is 24.6 Å². The molecule has 32 heavy (non-hydrogen) atoms. The van der Waals surface area contributed by atoms with Gasteiger partial charge in [0.05, 0.1) is 24.9 Å². The molecule has 2 aliphatic heterocycles. The van der Waals surface area contributed by atoms with Crippen molar-refractivity contribution in [3.8, 4) is 5.88 Å². The number of aliphatic hydroxyl groups excluding tert-OH is 1. The molecule has 1 saturated heterocycles. The second-order valence-electron chi connectivity index (χ2n) is 8.88. The number of rotatable bonds is 5. The molecule has 0 radical (unpaired) electrons. The summed E-state index contributed by atoms with van der Waals surface area (Å²) in [5.74, 6) is 1.07. The molecule has 3 unspecified atom stereocenters. The number of nitrogens with zero attached hydrogens (tertiary/aromatic N) is 5. The number of nitrogens with one attached hydrogen (secondary N) is 1. The SMILES string of the molecule is O=C(NCC1CCCCN1c1ccc(=O)n(C2CCCC2O)n1)c1cnn2c1OCCC2. The topological polar surface area (TPSA) is 115 Å². The van der Waals surface area contributed by atoms with E-state index < -0.39 is 6.10 Å². The Morgan fingerprint density at radius 2 is 2.06 bits per heavy atom. The minimum absolute atomic E-state index is 0.0759. The lowest BCUT2D eigenvalue weighted by atomic mass is 10.0. The van der Waals surface area contributed by atoms with E-state index in [1.165, 1.54) is 10.7 Å². The lowest BCUT2D eigenvalue weighted by molar-refractivity contribution is 0.0942. The number of piperidine rings is 1. The van der Waals surface area contributed by atoms with E-state index in [9.17, 15) is 14.7 Å². The fraction of sp³-hybridized carbons (Fsp3) is 0.636. The number of aromatic nitrogens is 4. The molecule has 2 N–H and O–H groups in total. The fourth-order valence-electron chi connectivity index (χ4n) is 5.06. The zero-order valence-electron chi connectivity index (χ0n) is 18.2. The third-order valence-electron chi connectivity index (χ3n) is 6.78. The number of carbonyl (C=O) groups excluding carboxylic acids is 1. The number of amides is 1. The molecule has 0 spiro atoms. The maximum Gasteiger partial charge on any atom is 0.267 e. The molecular formula is C22H30N6O4. The number of hydrogen-bond acceptors (Lipinski definition) is 7. The molecule has 10 heteroatoms. The van der Waals surface area contributed by atoms with Crippen molar-refractivity contribution >= 4 is 11.7 Å². The van der Waals surface area contributed by atoms with E-state index in [2.05, 4.69) is 20.4 Å². The van der Waals surface area contributed by atoms with E-state index in [0.717, 1.165) is 51.6 Å². The molecule has 0 aromatic carbocycles. The molecule has 1 saturated carbocycles. The molecule has 2 aromatic heterocycles. The largest absolute Gasteiger partial charge is 0.477 e. The highest BCUT2D eigenvalue weighted by atomic mass is 16.5. The van der Waals surface area contributed by atoms with E-state index in [-0.39, 0.29) is 23.6 Å². The van der Waals surface area contributed by atoms with Crippen LogP contribution in [-0.4, -0.2) is 62.4 Å². The van der Waals surface area contributed by atoms with Gasteiger partial charge in [0.1, 0.15) is 11.4 Å². The molecule has 172 valence electrons. The zero-order chi connectivity index (χ0) is 22.1. The first-order chi connectivity index (χ1) is 15.6. The molecule has 4 heterocycles. The number of fused-ring (bicyclic) bond motifs is 1. The fourth-order valence-corrected chi connectivity index (χ4v) is 5.06. The molecule has 5 rings (SSSR count). The Bertz CT molecular complexity index is 1030. The van der Waals surface area contributed by atoms with Gasteiger partial charge in [0.25, 0.3) is 11.5 Å². The predicted octanol–water partition coefficient (Wildman–Crippen LogP) is 1.10. The van der Waals surface area contributed by atoms with Crippen molar-refractivity contribution in [2.24, 2.45) is 0 Å². The summed E-state index contributed by atoms with van der Waals surface area (Å²) < 4.78 is 8.83. The quantitative estimate of drug-likeness (QED) is 0.713. The third-order valence-corrected chi connectivity index (χ3v) is 6.78. The number of aliphatic hydroxyl groups is 1. The molecule has 1 amide bonds. The number of ether oxygens (including phenoxy) is 1. The smallest absolute Gasteiger partial charge is 0.267 e. The van der Waals surface area contributed by atoms with Crippen molar-refractivity contribution in [2.45, 2.75) is 69.7 Å². The highest BCUT2D eigenvalue weighted by Gasteiger charge is 2.30. The average molecular weight is 443 g/mol. The first-order valence-corrected chi connectivity index (χ1v) is 11.6. The van der Waals surface area contributed by atoms with Crippen molar-refractivity contribution in [1.82, 2.24) is 24.9 Å². The molecule has 0 bridgehead atoms. The second-order valence-corrected chi connectivity index (χ2v) is 8.88. The summed E-state index contributed by atoms with van der Waals surface area (Å²) in [5.41, 5.74) is 0.279. The van der Waals surface area contributed by atoms with E-state index in [4.69, 9.17) is 4.74 Å². The van der Waals surface area contributed by atoms with Crippen molar-refractivity contribution in [3.05, 3.63) is 34.2 Å². The first kappa shape index (κ1) is 21.0. The maximum absolute atomic E-state index is 12.8. The van der Waals surface area contributed by atoms with Crippen LogP contribution in [-0.2, 0) is 6.54 Å². The summed E-state index contributed by atoms with van der Waals surface area (Å²) in [6.07, 6.45) is 7.31. The Labute approximate surface area is 186 Å². The number of hydrogen-bond donors (Lipinski definition) is 2. The van der Waals surface area contributed by atoms with Gasteiger partial charge in [-0.05, 0) is 44.6 Å². The van der Waals surface area contributed by atoms with Gasteiger partial charge in [-0.2, -0.15) is 10.2 Å². The van der Waals surface area contributed by atoms with E-state index >= 15 is 0 Å². The van der Waals surface area contributed by atoms with Gasteiger partial charge in [0.15, 0.2) is 0 Å². The minimum atomic E-state index is -0.531. The monoisotopic (exact) mass is 442 g/mol. The zero-order valence-corrected chi connectivity index (χ0v) is 18.2. The van der Waals surface area contributed by atoms with E-state index in [0.29, 0.717) is 36.8 Å². The molecule has 10 nitrogen and oxygen atoms in total. The molecular weight excluding hydrogens is 412 g/mol. The Balaban J connectivity index is 1.31. The Kier molecular flexibility index (Phi) is 5.86. The van der Waals surface area contributed by atoms with Crippen LogP contribution in [0.1, 0.15) is 61.3 Å². The summed E-state index contributed by atoms with van der Waals surface area (Å²) in [7, 11) is 0. The number of carbonyl (C=O) groups is 1. The van der Waals surface area contributed by atoms with Crippen molar-refractivity contribution < 1.29 is 14.6 Å². The second kappa shape index (κ2) is 8.93. The van der Waals surface area contributed by atoms with Gasteiger partial charge in [-0.1, -0.05) is 0 Å². The lowest BCUT2D eigenvalue weighted by Crippen LogP contribution is -2.48. The van der Waals surface area contributed by atoms with Crippen LogP contribution in [0.4, 0.5) is 5.82 Å². The lowest BCUT2D eigenvalue weighted by Gasteiger charge is -2.37. The van der Waals surface area contributed by atoms with Crippen molar-refractivity contribution in [3.63, 3.8) is 0 Å². The summed E-state index contributed by atoms with van der Waals surface area (Å²) in [4.78, 5) is 27.4. The minimum Gasteiger partial charge on any atom is -0.477 e. The van der Waals surface area contributed by atoms with Crippen molar-refractivity contribution in [1.29, 1.82) is 0 Å². The Morgan fingerprint density at radius 3 is 2.91 bits per heavy atom. The van der Waals surface area contributed by atoms with Crippen LogP contribution < -0.4 is 20.5 Å². The highest BCUT2D eigenvalue weighted by Crippen LogP contribution is 2.29. The summed E-state index contributed by atoms with van der Waals surface area (Å²) in [5, 5.41) is 22.2. The van der Waals surface area contributed by atoms with Crippen LogP contribution in [0.15, 0.2) is 23.1 Å². The number of aryl methyl sites for hydroxylation is 1. The van der Waals surface area contributed by atoms with Crippen LogP contribution in [0.2, 0.25) is 0 Å². The van der Waals surface area contributed by atoms with Gasteiger partial charge in [-0.3, -0.25) is 9.59 Å². The van der Waals surface area contributed by atoms with Gasteiger partial charge in [0.2, 0.25) is 5.88 Å².